The number of hydrogen-bond acceptors (Lipinski definition) is 5. The van der Waals surface area contributed by atoms with Crippen molar-refractivity contribution in [2.45, 2.75) is 36.7 Å². The van der Waals surface area contributed by atoms with Crippen LogP contribution in [-0.4, -0.2) is 21.0 Å². The van der Waals surface area contributed by atoms with Crippen LogP contribution in [0.5, 0.6) is 0 Å². The lowest BCUT2D eigenvalue weighted by Gasteiger charge is -2.13. The lowest BCUT2D eigenvalue weighted by atomic mass is 10.0. The first kappa shape index (κ1) is 14.5. The van der Waals surface area contributed by atoms with E-state index < -0.39 is 0 Å². The Labute approximate surface area is 122 Å². The van der Waals surface area contributed by atoms with E-state index in [0.29, 0.717) is 10.6 Å². The lowest BCUT2D eigenvalue weighted by molar-refractivity contribution is 0.818. The fourth-order valence-corrected chi connectivity index (χ4v) is 2.89. The van der Waals surface area contributed by atoms with Gasteiger partial charge in [0.2, 0.25) is 0 Å². The first-order valence-electron chi connectivity index (χ1n) is 6.49. The number of amidine groups is 1. The van der Waals surface area contributed by atoms with E-state index in [9.17, 15) is 0 Å². The Balaban J connectivity index is 2.50. The van der Waals surface area contributed by atoms with Gasteiger partial charge in [-0.15, -0.1) is 5.10 Å². The summed E-state index contributed by atoms with van der Waals surface area (Å²) in [5, 5.41) is 17.8. The fourth-order valence-electron chi connectivity index (χ4n) is 2.01. The number of pyridine rings is 1. The third kappa shape index (κ3) is 2.96. The van der Waals surface area contributed by atoms with Gasteiger partial charge < -0.3 is 5.73 Å². The number of nitrogens with one attached hydrogen (secondary N) is 1. The summed E-state index contributed by atoms with van der Waals surface area (Å²) in [5.74, 6) is 0.0323. The van der Waals surface area contributed by atoms with Gasteiger partial charge in [-0.3, -0.25) is 5.41 Å². The van der Waals surface area contributed by atoms with Crippen molar-refractivity contribution in [3.63, 3.8) is 0 Å². The summed E-state index contributed by atoms with van der Waals surface area (Å²) < 4.78 is 0. The van der Waals surface area contributed by atoms with Gasteiger partial charge in [0.05, 0.1) is 11.3 Å². The van der Waals surface area contributed by atoms with Gasteiger partial charge in [-0.2, -0.15) is 5.10 Å². The summed E-state index contributed by atoms with van der Waals surface area (Å²) >= 11 is 1.39. The highest BCUT2D eigenvalue weighted by Gasteiger charge is 2.17. The van der Waals surface area contributed by atoms with Gasteiger partial charge in [-0.25, -0.2) is 4.98 Å². The standard InChI is InChI=1S/C14H17N5S/c1-3-9-10(4-2)18-19-14(12(9)13(15)16)20-11-7-5-6-8-17-11/h5-8H,3-4H2,1-2H3,(H3,15,16). The highest BCUT2D eigenvalue weighted by atomic mass is 32.2. The fraction of sp³-hybridized carbons (Fsp3) is 0.286. The van der Waals surface area contributed by atoms with Crippen molar-refractivity contribution in [3.05, 3.63) is 41.2 Å². The lowest BCUT2D eigenvalue weighted by Crippen LogP contribution is -2.18. The van der Waals surface area contributed by atoms with Crippen molar-refractivity contribution >= 4 is 17.6 Å². The van der Waals surface area contributed by atoms with Gasteiger partial charge in [0.1, 0.15) is 15.9 Å². The van der Waals surface area contributed by atoms with Crippen LogP contribution < -0.4 is 5.73 Å². The Bertz CT molecular complexity index is 612. The minimum Gasteiger partial charge on any atom is -0.384 e. The molecule has 6 heteroatoms. The van der Waals surface area contributed by atoms with Crippen LogP contribution in [0.3, 0.4) is 0 Å². The van der Waals surface area contributed by atoms with Gasteiger partial charge >= 0.3 is 0 Å². The molecule has 0 amide bonds. The highest BCUT2D eigenvalue weighted by molar-refractivity contribution is 7.99. The molecule has 0 bridgehead atoms. The largest absolute Gasteiger partial charge is 0.384 e. The Morgan fingerprint density at radius 2 is 2.05 bits per heavy atom. The number of aromatic nitrogens is 3. The molecule has 0 aliphatic rings. The van der Waals surface area contributed by atoms with Crippen LogP contribution in [0.1, 0.15) is 30.7 Å². The normalized spacial score (nSPS) is 10.5. The smallest absolute Gasteiger partial charge is 0.136 e. The predicted molar refractivity (Wildman–Crippen MR) is 80.2 cm³/mol. The van der Waals surface area contributed by atoms with Crippen molar-refractivity contribution in [3.8, 4) is 0 Å². The SMILES string of the molecule is CCc1nnc(Sc2ccccn2)c(C(=N)N)c1CC. The van der Waals surface area contributed by atoms with Gasteiger partial charge in [0, 0.05) is 6.20 Å². The molecule has 2 aromatic rings. The molecule has 0 radical (unpaired) electrons. The second-order valence-corrected chi connectivity index (χ2v) is 5.21. The quantitative estimate of drug-likeness (QED) is 0.651. The van der Waals surface area contributed by atoms with Crippen molar-refractivity contribution in [1.82, 2.24) is 15.2 Å². The Kier molecular flexibility index (Phi) is 4.68. The first-order chi connectivity index (χ1) is 9.67. The second-order valence-electron chi connectivity index (χ2n) is 4.20. The molecule has 104 valence electrons. The van der Waals surface area contributed by atoms with Crippen LogP contribution >= 0.6 is 11.8 Å². The molecule has 2 aromatic heterocycles. The number of nitrogens with zero attached hydrogens (tertiary/aromatic N) is 3. The molecule has 3 N–H and O–H groups in total. The molecule has 0 aromatic carbocycles. The molecule has 0 atom stereocenters. The molecular weight excluding hydrogens is 270 g/mol. The molecule has 0 saturated carbocycles. The number of nitrogens with two attached hydrogens (primary N) is 1. The molecule has 2 rings (SSSR count). The molecule has 5 nitrogen and oxygen atoms in total. The van der Waals surface area contributed by atoms with E-state index in [4.69, 9.17) is 11.1 Å². The average Bonchev–Trinajstić information content (AvgIpc) is 2.47. The molecule has 0 aliphatic carbocycles. The summed E-state index contributed by atoms with van der Waals surface area (Å²) in [6, 6.07) is 5.67. The predicted octanol–water partition coefficient (Wildman–Crippen LogP) is 2.43. The maximum atomic E-state index is 7.83. The van der Waals surface area contributed by atoms with E-state index in [-0.39, 0.29) is 5.84 Å². The summed E-state index contributed by atoms with van der Waals surface area (Å²) in [7, 11) is 0. The highest BCUT2D eigenvalue weighted by Crippen LogP contribution is 2.29. The van der Waals surface area contributed by atoms with E-state index in [1.165, 1.54) is 11.8 Å². The third-order valence-corrected chi connectivity index (χ3v) is 3.85. The first-order valence-corrected chi connectivity index (χ1v) is 7.30. The minimum absolute atomic E-state index is 0.0323. The maximum absolute atomic E-state index is 7.83. The number of aryl methyl sites for hydroxylation is 1. The zero-order chi connectivity index (χ0) is 14.5. The van der Waals surface area contributed by atoms with Gasteiger partial charge in [-0.1, -0.05) is 19.9 Å². The monoisotopic (exact) mass is 287 g/mol. The number of rotatable bonds is 5. The van der Waals surface area contributed by atoms with E-state index in [2.05, 4.69) is 15.2 Å². The van der Waals surface area contributed by atoms with E-state index in [1.807, 2.05) is 32.0 Å². The molecule has 0 aliphatic heterocycles. The van der Waals surface area contributed by atoms with Crippen LogP contribution in [0, 0.1) is 5.41 Å². The molecule has 0 unspecified atom stereocenters. The van der Waals surface area contributed by atoms with Gasteiger partial charge in [0.25, 0.3) is 0 Å². The van der Waals surface area contributed by atoms with Gasteiger partial charge in [0.15, 0.2) is 0 Å². The molecule has 2 heterocycles. The Morgan fingerprint density at radius 3 is 2.60 bits per heavy atom. The molecular formula is C14H17N5S. The summed E-state index contributed by atoms with van der Waals surface area (Å²) in [4.78, 5) is 4.26. The van der Waals surface area contributed by atoms with Crippen LogP contribution in [-0.2, 0) is 12.8 Å². The van der Waals surface area contributed by atoms with Crippen molar-refractivity contribution in [2.24, 2.45) is 5.73 Å². The third-order valence-electron chi connectivity index (χ3n) is 2.92. The number of hydrogen-bond donors (Lipinski definition) is 2. The average molecular weight is 287 g/mol. The summed E-state index contributed by atoms with van der Waals surface area (Å²) in [6.07, 6.45) is 3.29. The maximum Gasteiger partial charge on any atom is 0.136 e. The molecule has 0 fully saturated rings. The van der Waals surface area contributed by atoms with Crippen LogP contribution in [0.15, 0.2) is 34.4 Å². The number of nitrogen functional groups attached to an aromatic ring is 1. The van der Waals surface area contributed by atoms with Gasteiger partial charge in [-0.05, 0) is 42.3 Å². The van der Waals surface area contributed by atoms with E-state index in [0.717, 1.165) is 29.1 Å². The van der Waals surface area contributed by atoms with Crippen molar-refractivity contribution < 1.29 is 0 Å². The summed E-state index contributed by atoms with van der Waals surface area (Å²) in [5.41, 5.74) is 8.35. The molecule has 0 spiro atoms. The van der Waals surface area contributed by atoms with Crippen molar-refractivity contribution in [2.75, 3.05) is 0 Å². The molecule has 0 saturated heterocycles. The second kappa shape index (κ2) is 6.47. The summed E-state index contributed by atoms with van der Waals surface area (Å²) in [6.45, 7) is 4.07. The van der Waals surface area contributed by atoms with Crippen molar-refractivity contribution in [1.29, 1.82) is 5.41 Å². The topological polar surface area (TPSA) is 88.5 Å². The minimum atomic E-state index is 0.0323. The molecule has 20 heavy (non-hydrogen) atoms. The van der Waals surface area contributed by atoms with Crippen LogP contribution in [0.4, 0.5) is 0 Å². The van der Waals surface area contributed by atoms with Crippen LogP contribution in [0.2, 0.25) is 0 Å². The van der Waals surface area contributed by atoms with E-state index in [1.54, 1.807) is 6.20 Å². The zero-order valence-corrected chi connectivity index (χ0v) is 12.4. The zero-order valence-electron chi connectivity index (χ0n) is 11.6. The van der Waals surface area contributed by atoms with Crippen LogP contribution in [0.25, 0.3) is 0 Å². The van der Waals surface area contributed by atoms with E-state index >= 15 is 0 Å². The Morgan fingerprint density at radius 1 is 1.25 bits per heavy atom. The Hall–Kier alpha value is -1.95.